The highest BCUT2D eigenvalue weighted by atomic mass is 32.2. The van der Waals surface area contributed by atoms with E-state index in [2.05, 4.69) is 4.98 Å². The number of aliphatic hydroxyl groups is 2. The van der Waals surface area contributed by atoms with Crippen LogP contribution in [-0.4, -0.2) is 33.4 Å². The second-order valence-corrected chi connectivity index (χ2v) is 13.2. The van der Waals surface area contributed by atoms with Gasteiger partial charge in [-0.3, -0.25) is 0 Å². The maximum atomic E-state index is 15.2. The molecular formula is C31H28F2N4O4S2. The van der Waals surface area contributed by atoms with E-state index in [1.807, 2.05) is 31.2 Å². The van der Waals surface area contributed by atoms with E-state index in [1.165, 1.54) is 28.8 Å². The van der Waals surface area contributed by atoms with Crippen LogP contribution in [0.5, 0.6) is 0 Å². The van der Waals surface area contributed by atoms with Crippen molar-refractivity contribution in [1.29, 1.82) is 0 Å². The highest BCUT2D eigenvalue weighted by Crippen LogP contribution is 2.39. The summed E-state index contributed by atoms with van der Waals surface area (Å²) in [7, 11) is -4.24. The Bertz CT molecular complexity index is 1930. The predicted molar refractivity (Wildman–Crippen MR) is 159 cm³/mol. The lowest BCUT2D eigenvalue weighted by Crippen LogP contribution is -2.14. The van der Waals surface area contributed by atoms with E-state index < -0.39 is 32.8 Å². The molecule has 0 unspecified atom stereocenters. The zero-order valence-corrected chi connectivity index (χ0v) is 24.7. The van der Waals surface area contributed by atoms with E-state index in [9.17, 15) is 23.0 Å². The Labute approximate surface area is 251 Å². The molecule has 0 aliphatic heterocycles. The number of hydrogen-bond donors (Lipinski definition) is 3. The molecule has 1 fully saturated rings. The highest BCUT2D eigenvalue weighted by Gasteiger charge is 2.29. The van der Waals surface area contributed by atoms with E-state index >= 15 is 4.39 Å². The minimum absolute atomic E-state index is 0.0619. The Kier molecular flexibility index (Phi) is 7.73. The van der Waals surface area contributed by atoms with Gasteiger partial charge in [-0.05, 0) is 73.6 Å². The van der Waals surface area contributed by atoms with Crippen molar-refractivity contribution in [2.45, 2.75) is 43.8 Å². The van der Waals surface area contributed by atoms with E-state index in [1.54, 1.807) is 16.8 Å². The first-order valence-corrected chi connectivity index (χ1v) is 16.0. The summed E-state index contributed by atoms with van der Waals surface area (Å²) < 4.78 is 55.3. The smallest absolute Gasteiger partial charge is 0.240 e. The van der Waals surface area contributed by atoms with E-state index in [0.29, 0.717) is 45.4 Å². The van der Waals surface area contributed by atoms with Gasteiger partial charge in [0.2, 0.25) is 15.2 Å². The maximum Gasteiger partial charge on any atom is 0.240 e. The van der Waals surface area contributed by atoms with Crippen LogP contribution in [0, 0.1) is 24.5 Å². The number of nitrogens with zero attached hydrogens (tertiary/aromatic N) is 3. The van der Waals surface area contributed by atoms with Crippen LogP contribution in [0.4, 0.5) is 8.78 Å². The first-order valence-electron chi connectivity index (χ1n) is 13.6. The lowest BCUT2D eigenvalue weighted by atomic mass is 9.94. The van der Waals surface area contributed by atoms with Crippen molar-refractivity contribution in [2.75, 3.05) is 0 Å². The van der Waals surface area contributed by atoms with Crippen LogP contribution in [0.25, 0.3) is 27.5 Å². The molecular weight excluding hydrogens is 594 g/mol. The number of primary sulfonamides is 1. The van der Waals surface area contributed by atoms with Crippen LogP contribution in [0.15, 0.2) is 70.9 Å². The normalized spacial score (nSPS) is 13.7. The van der Waals surface area contributed by atoms with Gasteiger partial charge in [0.15, 0.2) is 6.29 Å². The van der Waals surface area contributed by atoms with Gasteiger partial charge in [-0.25, -0.2) is 32.0 Å². The summed E-state index contributed by atoms with van der Waals surface area (Å²) in [5, 5.41) is 31.4. The number of halogens is 2. The second kappa shape index (κ2) is 11.4. The SMILES string of the molecule is Cc1ccc(-c2cc(-c3c(Cc4ccc(S(N)(=O)=O)c(F)c4)c(CC4CC4)nn3-c3nc(C(O)O)cs3)ccc2F)cc1. The fourth-order valence-electron chi connectivity index (χ4n) is 5.08. The number of benzene rings is 3. The zero-order valence-electron chi connectivity index (χ0n) is 23.0. The fourth-order valence-corrected chi connectivity index (χ4v) is 6.46. The van der Waals surface area contributed by atoms with Gasteiger partial charge < -0.3 is 10.2 Å². The second-order valence-electron chi connectivity index (χ2n) is 10.8. The Morgan fingerprint density at radius 1 is 1.02 bits per heavy atom. The predicted octanol–water partition coefficient (Wildman–Crippen LogP) is 5.42. The van der Waals surface area contributed by atoms with Crippen LogP contribution in [0.2, 0.25) is 0 Å². The molecule has 1 aliphatic carbocycles. The molecule has 8 nitrogen and oxygen atoms in total. The molecule has 5 aromatic rings. The van der Waals surface area contributed by atoms with Gasteiger partial charge in [-0.2, -0.15) is 5.10 Å². The van der Waals surface area contributed by atoms with Crippen molar-refractivity contribution in [3.8, 4) is 27.5 Å². The number of rotatable bonds is 9. The van der Waals surface area contributed by atoms with Crippen molar-refractivity contribution in [2.24, 2.45) is 11.1 Å². The minimum atomic E-state index is -4.24. The van der Waals surface area contributed by atoms with Gasteiger partial charge in [-0.1, -0.05) is 35.9 Å². The van der Waals surface area contributed by atoms with Gasteiger partial charge in [-0.15, -0.1) is 11.3 Å². The quantitative estimate of drug-likeness (QED) is 0.188. The molecule has 0 saturated heterocycles. The third-order valence-electron chi connectivity index (χ3n) is 7.49. The molecule has 1 aliphatic rings. The molecule has 43 heavy (non-hydrogen) atoms. The van der Waals surface area contributed by atoms with Crippen LogP contribution < -0.4 is 5.14 Å². The molecule has 0 radical (unpaired) electrons. The Morgan fingerprint density at radius 2 is 1.74 bits per heavy atom. The number of aryl methyl sites for hydroxylation is 1. The molecule has 0 spiro atoms. The Hall–Kier alpha value is -3.81. The third-order valence-corrected chi connectivity index (χ3v) is 9.27. The molecule has 2 heterocycles. The molecule has 1 saturated carbocycles. The summed E-state index contributed by atoms with van der Waals surface area (Å²) in [5.41, 5.74) is 5.38. The minimum Gasteiger partial charge on any atom is -0.363 e. The van der Waals surface area contributed by atoms with E-state index in [0.717, 1.165) is 41.8 Å². The molecule has 12 heteroatoms. The summed E-state index contributed by atoms with van der Waals surface area (Å²) in [5.74, 6) is -0.930. The van der Waals surface area contributed by atoms with E-state index in [-0.39, 0.29) is 12.1 Å². The highest BCUT2D eigenvalue weighted by molar-refractivity contribution is 7.89. The van der Waals surface area contributed by atoms with Crippen molar-refractivity contribution < 1.29 is 27.4 Å². The van der Waals surface area contributed by atoms with Crippen LogP contribution in [0.3, 0.4) is 0 Å². The molecule has 0 amide bonds. The molecule has 222 valence electrons. The number of hydrogen-bond acceptors (Lipinski definition) is 7. The number of nitrogens with two attached hydrogens (primary N) is 1. The van der Waals surface area contributed by atoms with Crippen molar-refractivity contribution >= 4 is 21.4 Å². The van der Waals surface area contributed by atoms with Crippen molar-refractivity contribution in [1.82, 2.24) is 14.8 Å². The number of aliphatic hydroxyl groups excluding tert-OH is 1. The van der Waals surface area contributed by atoms with Crippen LogP contribution in [0.1, 0.15) is 47.2 Å². The lowest BCUT2D eigenvalue weighted by molar-refractivity contribution is -0.0454. The van der Waals surface area contributed by atoms with Gasteiger partial charge in [0.05, 0.1) is 11.4 Å². The van der Waals surface area contributed by atoms with Gasteiger partial charge in [0, 0.05) is 28.5 Å². The number of thiazole rings is 1. The summed E-state index contributed by atoms with van der Waals surface area (Å²) in [6.07, 6.45) is 1.17. The largest absolute Gasteiger partial charge is 0.363 e. The van der Waals surface area contributed by atoms with Gasteiger partial charge in [0.25, 0.3) is 0 Å². The Balaban J connectivity index is 1.55. The molecule has 2 aromatic heterocycles. The van der Waals surface area contributed by atoms with Gasteiger partial charge in [0.1, 0.15) is 22.2 Å². The van der Waals surface area contributed by atoms with Crippen LogP contribution in [-0.2, 0) is 22.9 Å². The topological polar surface area (TPSA) is 131 Å². The molecule has 0 bridgehead atoms. The first-order chi connectivity index (χ1) is 20.5. The monoisotopic (exact) mass is 622 g/mol. The summed E-state index contributed by atoms with van der Waals surface area (Å²) in [4.78, 5) is 3.79. The standard InChI is InChI=1S/C31H28F2N4O4S2/c1-17-2-7-20(8-3-17)22-15-21(9-10-24(22)32)29-23(12-19-6-11-28(25(33)13-19)43(34,40)41)26(14-18-4-5-18)36-37(29)31-35-27(16-42-31)30(38)39/h2-3,6-11,13,15-16,18,30,38-39H,4-5,12,14H2,1H3,(H2,34,40,41). The molecule has 0 atom stereocenters. The molecule has 3 aromatic carbocycles. The summed E-state index contributed by atoms with van der Waals surface area (Å²) >= 11 is 1.17. The molecule has 6 rings (SSSR count). The van der Waals surface area contributed by atoms with E-state index in [4.69, 9.17) is 10.2 Å². The third kappa shape index (κ3) is 6.15. The number of sulfonamides is 1. The number of aromatic nitrogens is 3. The molecule has 4 N–H and O–H groups in total. The fraction of sp³-hybridized carbons (Fsp3) is 0.226. The average Bonchev–Trinajstić information content (AvgIpc) is 3.50. The van der Waals surface area contributed by atoms with Crippen LogP contribution >= 0.6 is 11.3 Å². The zero-order chi connectivity index (χ0) is 30.5. The maximum absolute atomic E-state index is 15.2. The van der Waals surface area contributed by atoms with Crippen molar-refractivity contribution in [3.05, 3.63) is 106 Å². The first kappa shape index (κ1) is 29.3. The summed E-state index contributed by atoms with van der Waals surface area (Å²) in [6, 6.07) is 16.1. The average molecular weight is 623 g/mol. The summed E-state index contributed by atoms with van der Waals surface area (Å²) in [6.45, 7) is 1.95. The lowest BCUT2D eigenvalue weighted by Gasteiger charge is -2.12. The van der Waals surface area contributed by atoms with Gasteiger partial charge >= 0.3 is 0 Å². The Morgan fingerprint density at radius 3 is 2.37 bits per heavy atom. The van der Waals surface area contributed by atoms with Crippen molar-refractivity contribution in [3.63, 3.8) is 0 Å².